The van der Waals surface area contributed by atoms with Gasteiger partial charge in [-0.15, -0.1) is 0 Å². The zero-order chi connectivity index (χ0) is 20.5. The average molecular weight is 381 g/mol. The van der Waals surface area contributed by atoms with Crippen LogP contribution in [0.3, 0.4) is 0 Å². The lowest BCUT2D eigenvalue weighted by Crippen LogP contribution is -2.37. The second kappa shape index (κ2) is 10.4. The third-order valence-corrected chi connectivity index (χ3v) is 4.23. The molecule has 0 unspecified atom stereocenters. The lowest BCUT2D eigenvalue weighted by Gasteiger charge is -2.14. The Labute approximate surface area is 166 Å². The number of hydrogen-bond donors (Lipinski definition) is 1. The zero-order valence-corrected chi connectivity index (χ0v) is 16.6. The fraction of sp³-hybridized carbons (Fsp3) is 0.348. The number of benzene rings is 2. The Bertz CT molecular complexity index is 797. The van der Waals surface area contributed by atoms with Gasteiger partial charge in [0.1, 0.15) is 0 Å². The number of esters is 1. The second-order valence-corrected chi connectivity index (χ2v) is 7.14. The molecule has 148 valence electrons. The number of amides is 1. The molecule has 0 aliphatic rings. The normalized spacial score (nSPS) is 11.7. The van der Waals surface area contributed by atoms with Crippen molar-refractivity contribution in [3.63, 3.8) is 0 Å². The summed E-state index contributed by atoms with van der Waals surface area (Å²) >= 11 is 0. The van der Waals surface area contributed by atoms with E-state index in [1.165, 1.54) is 6.92 Å². The number of ketones is 1. The van der Waals surface area contributed by atoms with Gasteiger partial charge in [-0.05, 0) is 24.0 Å². The Kier molecular flexibility index (Phi) is 7.93. The molecule has 1 amide bonds. The van der Waals surface area contributed by atoms with Gasteiger partial charge < -0.3 is 10.1 Å². The summed E-state index contributed by atoms with van der Waals surface area (Å²) in [5, 5.41) is 2.71. The van der Waals surface area contributed by atoms with E-state index in [1.54, 1.807) is 12.1 Å². The summed E-state index contributed by atoms with van der Waals surface area (Å²) in [6.45, 7) is 6.01. The van der Waals surface area contributed by atoms with Gasteiger partial charge in [-0.2, -0.15) is 0 Å². The molecule has 0 aromatic heterocycles. The summed E-state index contributed by atoms with van der Waals surface area (Å²) in [6, 6.07) is 17.2. The highest BCUT2D eigenvalue weighted by molar-refractivity contribution is 5.98. The van der Waals surface area contributed by atoms with Crippen LogP contribution in [0.15, 0.2) is 54.6 Å². The minimum atomic E-state index is -0.869. The van der Waals surface area contributed by atoms with Crippen LogP contribution in [0.1, 0.15) is 44.0 Å². The molecule has 5 heteroatoms. The topological polar surface area (TPSA) is 72.5 Å². The fourth-order valence-electron chi connectivity index (χ4n) is 2.60. The summed E-state index contributed by atoms with van der Waals surface area (Å²) < 4.78 is 5.10. The Morgan fingerprint density at radius 2 is 1.46 bits per heavy atom. The molecule has 5 nitrogen and oxygen atoms in total. The first-order valence-electron chi connectivity index (χ1n) is 9.52. The molecule has 2 aromatic rings. The summed E-state index contributed by atoms with van der Waals surface area (Å²) in [4.78, 5) is 36.1. The molecular formula is C23H27NO4. The zero-order valence-electron chi connectivity index (χ0n) is 16.6. The predicted octanol–water partition coefficient (Wildman–Crippen LogP) is 4.02. The summed E-state index contributed by atoms with van der Waals surface area (Å²) in [6.07, 6.45) is -0.878. The van der Waals surface area contributed by atoms with Crippen LogP contribution in [-0.4, -0.2) is 30.3 Å². The number of rotatable bonds is 9. The number of carbonyl (C=O) groups excluding carboxylic acids is 3. The van der Waals surface area contributed by atoms with Crippen LogP contribution >= 0.6 is 0 Å². The molecule has 2 aromatic carbocycles. The van der Waals surface area contributed by atoms with Gasteiger partial charge >= 0.3 is 5.97 Å². The third kappa shape index (κ3) is 6.65. The van der Waals surface area contributed by atoms with Crippen molar-refractivity contribution in [2.45, 2.75) is 39.7 Å². The van der Waals surface area contributed by atoms with E-state index >= 15 is 0 Å². The van der Waals surface area contributed by atoms with E-state index in [0.29, 0.717) is 18.0 Å². The van der Waals surface area contributed by atoms with Crippen molar-refractivity contribution in [2.24, 2.45) is 5.92 Å². The Hall–Kier alpha value is -2.95. The third-order valence-electron chi connectivity index (χ3n) is 4.23. The van der Waals surface area contributed by atoms with Crippen molar-refractivity contribution < 1.29 is 19.1 Å². The highest BCUT2D eigenvalue weighted by atomic mass is 16.5. The van der Waals surface area contributed by atoms with Crippen LogP contribution in [0, 0.1) is 5.92 Å². The van der Waals surface area contributed by atoms with Crippen molar-refractivity contribution in [3.05, 3.63) is 60.2 Å². The molecule has 0 saturated heterocycles. The van der Waals surface area contributed by atoms with Gasteiger partial charge in [-0.3, -0.25) is 14.4 Å². The lowest BCUT2D eigenvalue weighted by atomic mass is 10.0. The van der Waals surface area contributed by atoms with Crippen LogP contribution in [0.2, 0.25) is 0 Å². The molecular weight excluding hydrogens is 354 g/mol. The van der Waals surface area contributed by atoms with Gasteiger partial charge in [-0.25, -0.2) is 0 Å². The average Bonchev–Trinajstić information content (AvgIpc) is 2.70. The lowest BCUT2D eigenvalue weighted by molar-refractivity contribution is -0.154. The molecule has 0 radical (unpaired) electrons. The Morgan fingerprint density at radius 3 is 2.07 bits per heavy atom. The van der Waals surface area contributed by atoms with Gasteiger partial charge in [0.25, 0.3) is 5.91 Å². The minimum Gasteiger partial charge on any atom is -0.453 e. The first-order valence-corrected chi connectivity index (χ1v) is 9.52. The van der Waals surface area contributed by atoms with E-state index < -0.39 is 12.1 Å². The van der Waals surface area contributed by atoms with Gasteiger partial charge in [-0.1, -0.05) is 68.4 Å². The molecule has 0 bridgehead atoms. The van der Waals surface area contributed by atoms with Crippen LogP contribution in [0.4, 0.5) is 0 Å². The van der Waals surface area contributed by atoms with Crippen molar-refractivity contribution in [3.8, 4) is 11.1 Å². The summed E-state index contributed by atoms with van der Waals surface area (Å²) in [5.41, 5.74) is 2.66. The fourth-order valence-corrected chi connectivity index (χ4v) is 2.60. The Morgan fingerprint density at radius 1 is 0.857 bits per heavy atom. The van der Waals surface area contributed by atoms with Crippen molar-refractivity contribution in [1.82, 2.24) is 5.32 Å². The van der Waals surface area contributed by atoms with Gasteiger partial charge in [0.2, 0.25) is 0 Å². The van der Waals surface area contributed by atoms with Crippen LogP contribution in [0.25, 0.3) is 11.1 Å². The number of Topliss-reactive ketones (excluding diaryl/α,β-unsaturated/α-hetero) is 1. The monoisotopic (exact) mass is 381 g/mol. The van der Waals surface area contributed by atoms with E-state index in [1.807, 2.05) is 56.3 Å². The van der Waals surface area contributed by atoms with Crippen molar-refractivity contribution >= 4 is 17.7 Å². The molecule has 28 heavy (non-hydrogen) atoms. The molecule has 0 aliphatic heterocycles. The van der Waals surface area contributed by atoms with Crippen LogP contribution in [-0.2, 0) is 14.3 Å². The smallest absolute Gasteiger partial charge is 0.307 e. The quantitative estimate of drug-likeness (QED) is 0.526. The molecule has 1 N–H and O–H groups in total. The van der Waals surface area contributed by atoms with Crippen molar-refractivity contribution in [2.75, 3.05) is 6.54 Å². The molecule has 0 spiro atoms. The maximum absolute atomic E-state index is 12.3. The van der Waals surface area contributed by atoms with Gasteiger partial charge in [0.15, 0.2) is 11.9 Å². The summed E-state index contributed by atoms with van der Waals surface area (Å²) in [7, 11) is 0. The summed E-state index contributed by atoms with van der Waals surface area (Å²) in [5.74, 6) is -0.697. The number of hydrogen-bond acceptors (Lipinski definition) is 4. The first-order chi connectivity index (χ1) is 13.4. The van der Waals surface area contributed by atoms with E-state index in [2.05, 4.69) is 5.32 Å². The molecule has 1 atom stereocenters. The number of carbonyl (C=O) groups is 3. The molecule has 0 heterocycles. The second-order valence-electron chi connectivity index (χ2n) is 7.14. The molecule has 0 aliphatic carbocycles. The van der Waals surface area contributed by atoms with E-state index in [-0.39, 0.29) is 24.5 Å². The van der Waals surface area contributed by atoms with E-state index in [0.717, 1.165) is 11.1 Å². The highest BCUT2D eigenvalue weighted by Crippen LogP contribution is 2.20. The molecule has 0 fully saturated rings. The SMILES string of the molecule is CC(C)CNC(=O)[C@@H](C)OC(=O)CCC(=O)c1ccc(-c2ccccc2)cc1. The molecule has 0 saturated carbocycles. The van der Waals surface area contributed by atoms with Crippen molar-refractivity contribution in [1.29, 1.82) is 0 Å². The maximum atomic E-state index is 12.3. The van der Waals surface area contributed by atoms with E-state index in [9.17, 15) is 14.4 Å². The molecule has 2 rings (SSSR count). The Balaban J connectivity index is 1.81. The standard InChI is InChI=1S/C23H27NO4/c1-16(2)15-24-23(27)17(3)28-22(26)14-13-21(25)20-11-9-19(10-12-20)18-7-5-4-6-8-18/h4-12,16-17H,13-15H2,1-3H3,(H,24,27)/t17-/m1/s1. The minimum absolute atomic E-state index is 0.0455. The predicted molar refractivity (Wildman–Crippen MR) is 109 cm³/mol. The highest BCUT2D eigenvalue weighted by Gasteiger charge is 2.18. The van der Waals surface area contributed by atoms with Gasteiger partial charge in [0.05, 0.1) is 6.42 Å². The van der Waals surface area contributed by atoms with Crippen LogP contribution in [0.5, 0.6) is 0 Å². The maximum Gasteiger partial charge on any atom is 0.307 e. The number of nitrogens with one attached hydrogen (secondary N) is 1. The van der Waals surface area contributed by atoms with E-state index in [4.69, 9.17) is 4.74 Å². The first kappa shape index (κ1) is 21.4. The van der Waals surface area contributed by atoms with Gasteiger partial charge in [0, 0.05) is 18.5 Å². The number of ether oxygens (including phenoxy) is 1. The largest absolute Gasteiger partial charge is 0.453 e. The van der Waals surface area contributed by atoms with Crippen LogP contribution < -0.4 is 5.32 Å².